The van der Waals surface area contributed by atoms with E-state index in [1.807, 2.05) is 11.8 Å². The van der Waals surface area contributed by atoms with Crippen molar-refractivity contribution in [2.24, 2.45) is 11.1 Å². The van der Waals surface area contributed by atoms with Crippen LogP contribution >= 0.6 is 23.5 Å². The smallest absolute Gasteiger partial charge is 0.0294 e. The zero-order chi connectivity index (χ0) is 9.19. The van der Waals surface area contributed by atoms with Gasteiger partial charge in [-0.2, -0.15) is 23.5 Å². The summed E-state index contributed by atoms with van der Waals surface area (Å²) in [4.78, 5) is 0. The van der Waals surface area contributed by atoms with Gasteiger partial charge >= 0.3 is 0 Å². The van der Waals surface area contributed by atoms with Crippen molar-refractivity contribution in [1.29, 1.82) is 0 Å². The standard InChI is InChI=1S/C9H19NS2/c1-9(2,3)8(10)7-6-11-4-5-12-7/h7-8H,4-6,10H2,1-3H3. The predicted molar refractivity (Wildman–Crippen MR) is 61.0 cm³/mol. The molecule has 0 aliphatic carbocycles. The van der Waals surface area contributed by atoms with E-state index in [0.717, 1.165) is 0 Å². The van der Waals surface area contributed by atoms with Crippen molar-refractivity contribution in [3.05, 3.63) is 0 Å². The number of rotatable bonds is 1. The normalized spacial score (nSPS) is 28.5. The first-order valence-electron chi connectivity index (χ1n) is 4.47. The summed E-state index contributed by atoms with van der Waals surface area (Å²) in [5.74, 6) is 3.82. The predicted octanol–water partition coefficient (Wildman–Crippen LogP) is 2.21. The van der Waals surface area contributed by atoms with E-state index in [4.69, 9.17) is 5.73 Å². The lowest BCUT2D eigenvalue weighted by Gasteiger charge is -2.35. The SMILES string of the molecule is CC(C)(C)C(N)C1CSCCS1. The van der Waals surface area contributed by atoms with E-state index in [0.29, 0.717) is 11.3 Å². The summed E-state index contributed by atoms with van der Waals surface area (Å²) < 4.78 is 0. The Hall–Kier alpha value is 0.660. The van der Waals surface area contributed by atoms with Crippen LogP contribution in [0.15, 0.2) is 0 Å². The van der Waals surface area contributed by atoms with Crippen LogP contribution in [0.3, 0.4) is 0 Å². The van der Waals surface area contributed by atoms with Gasteiger partial charge in [0.25, 0.3) is 0 Å². The maximum atomic E-state index is 6.19. The monoisotopic (exact) mass is 205 g/mol. The molecule has 0 bridgehead atoms. The highest BCUT2D eigenvalue weighted by molar-refractivity contribution is 8.06. The van der Waals surface area contributed by atoms with E-state index in [9.17, 15) is 0 Å². The van der Waals surface area contributed by atoms with Crippen LogP contribution in [0.1, 0.15) is 20.8 Å². The molecule has 1 aliphatic rings. The van der Waals surface area contributed by atoms with Crippen LogP contribution in [0.25, 0.3) is 0 Å². The fourth-order valence-corrected chi connectivity index (χ4v) is 4.33. The number of nitrogens with two attached hydrogens (primary N) is 1. The molecule has 0 aromatic rings. The van der Waals surface area contributed by atoms with E-state index >= 15 is 0 Å². The first kappa shape index (κ1) is 10.7. The Morgan fingerprint density at radius 3 is 2.42 bits per heavy atom. The van der Waals surface area contributed by atoms with Gasteiger partial charge in [-0.1, -0.05) is 20.8 Å². The minimum Gasteiger partial charge on any atom is -0.326 e. The number of hydrogen-bond donors (Lipinski definition) is 1. The summed E-state index contributed by atoms with van der Waals surface area (Å²) in [5, 5.41) is 0.670. The molecule has 1 heterocycles. The van der Waals surface area contributed by atoms with Gasteiger partial charge in [-0.3, -0.25) is 0 Å². The van der Waals surface area contributed by atoms with Crippen molar-refractivity contribution in [1.82, 2.24) is 0 Å². The molecule has 12 heavy (non-hydrogen) atoms. The van der Waals surface area contributed by atoms with Crippen molar-refractivity contribution in [3.8, 4) is 0 Å². The summed E-state index contributed by atoms with van der Waals surface area (Å²) in [6, 6.07) is 0.343. The summed E-state index contributed by atoms with van der Waals surface area (Å²) >= 11 is 4.10. The molecule has 0 spiro atoms. The molecule has 1 fully saturated rings. The second-order valence-corrected chi connectivity index (χ2v) is 6.87. The molecule has 1 nitrogen and oxygen atoms in total. The molecule has 2 unspecified atom stereocenters. The van der Waals surface area contributed by atoms with E-state index in [-0.39, 0.29) is 5.41 Å². The highest BCUT2D eigenvalue weighted by atomic mass is 32.2. The zero-order valence-electron chi connectivity index (χ0n) is 8.17. The highest BCUT2D eigenvalue weighted by Gasteiger charge is 2.30. The molecule has 0 saturated carbocycles. The third-order valence-corrected chi connectivity index (χ3v) is 5.13. The molecular formula is C9H19NS2. The Morgan fingerprint density at radius 2 is 2.00 bits per heavy atom. The van der Waals surface area contributed by atoms with Crippen molar-refractivity contribution in [2.45, 2.75) is 32.1 Å². The second-order valence-electron chi connectivity index (χ2n) is 4.38. The Kier molecular flexibility index (Phi) is 3.80. The third kappa shape index (κ3) is 2.86. The van der Waals surface area contributed by atoms with Crippen molar-refractivity contribution >= 4 is 23.5 Å². The molecule has 1 aliphatic heterocycles. The van der Waals surface area contributed by atoms with Gasteiger partial charge in [0, 0.05) is 28.6 Å². The van der Waals surface area contributed by atoms with E-state index in [2.05, 4.69) is 32.5 Å². The lowest BCUT2D eigenvalue weighted by atomic mass is 9.86. The Morgan fingerprint density at radius 1 is 1.33 bits per heavy atom. The average Bonchev–Trinajstić information content (AvgIpc) is 2.03. The van der Waals surface area contributed by atoms with Crippen LogP contribution < -0.4 is 5.73 Å². The molecule has 1 saturated heterocycles. The van der Waals surface area contributed by atoms with Gasteiger partial charge in [-0.25, -0.2) is 0 Å². The van der Waals surface area contributed by atoms with Crippen molar-refractivity contribution in [2.75, 3.05) is 17.3 Å². The van der Waals surface area contributed by atoms with E-state index < -0.39 is 0 Å². The van der Waals surface area contributed by atoms with E-state index in [1.54, 1.807) is 0 Å². The van der Waals surface area contributed by atoms with Crippen molar-refractivity contribution in [3.63, 3.8) is 0 Å². The van der Waals surface area contributed by atoms with Crippen molar-refractivity contribution < 1.29 is 0 Å². The lowest BCUT2D eigenvalue weighted by molar-refractivity contribution is 0.320. The summed E-state index contributed by atoms with van der Waals surface area (Å²) in [6.07, 6.45) is 0. The molecule has 2 N–H and O–H groups in total. The van der Waals surface area contributed by atoms with Gasteiger partial charge in [-0.15, -0.1) is 0 Å². The topological polar surface area (TPSA) is 26.0 Å². The molecule has 0 radical (unpaired) electrons. The van der Waals surface area contributed by atoms with Gasteiger partial charge in [-0.05, 0) is 5.41 Å². The van der Waals surface area contributed by atoms with Crippen LogP contribution in [0.4, 0.5) is 0 Å². The molecule has 0 aromatic heterocycles. The summed E-state index contributed by atoms with van der Waals surface area (Å²) in [7, 11) is 0. The largest absolute Gasteiger partial charge is 0.326 e. The van der Waals surface area contributed by atoms with Gasteiger partial charge in [0.15, 0.2) is 0 Å². The minimum absolute atomic E-state index is 0.259. The summed E-state index contributed by atoms with van der Waals surface area (Å²) in [5.41, 5.74) is 6.45. The molecule has 0 amide bonds. The first-order valence-corrected chi connectivity index (χ1v) is 6.67. The summed E-state index contributed by atoms with van der Waals surface area (Å²) in [6.45, 7) is 6.70. The average molecular weight is 205 g/mol. The van der Waals surface area contributed by atoms with Crippen LogP contribution in [0.5, 0.6) is 0 Å². The number of thioether (sulfide) groups is 2. The van der Waals surface area contributed by atoms with Gasteiger partial charge in [0.05, 0.1) is 0 Å². The maximum Gasteiger partial charge on any atom is 0.0294 e. The maximum absolute atomic E-state index is 6.19. The number of hydrogen-bond acceptors (Lipinski definition) is 3. The Balaban J connectivity index is 2.45. The van der Waals surface area contributed by atoms with Gasteiger partial charge < -0.3 is 5.73 Å². The van der Waals surface area contributed by atoms with Crippen LogP contribution in [-0.4, -0.2) is 28.6 Å². The second kappa shape index (κ2) is 4.25. The van der Waals surface area contributed by atoms with E-state index in [1.165, 1.54) is 17.3 Å². The molecule has 2 atom stereocenters. The molecular weight excluding hydrogens is 186 g/mol. The van der Waals surface area contributed by atoms with Gasteiger partial charge in [0.1, 0.15) is 0 Å². The lowest BCUT2D eigenvalue weighted by Crippen LogP contribution is -2.45. The fraction of sp³-hybridized carbons (Fsp3) is 1.00. The zero-order valence-corrected chi connectivity index (χ0v) is 9.80. The Labute approximate surface area is 84.2 Å². The van der Waals surface area contributed by atoms with Crippen LogP contribution in [0, 0.1) is 5.41 Å². The molecule has 0 aromatic carbocycles. The Bertz CT molecular complexity index is 136. The van der Waals surface area contributed by atoms with Crippen LogP contribution in [0.2, 0.25) is 0 Å². The van der Waals surface area contributed by atoms with Gasteiger partial charge in [0.2, 0.25) is 0 Å². The third-order valence-electron chi connectivity index (χ3n) is 2.24. The quantitative estimate of drug-likeness (QED) is 0.711. The minimum atomic E-state index is 0.259. The molecule has 3 heteroatoms. The fourth-order valence-electron chi connectivity index (χ4n) is 1.27. The molecule has 72 valence electrons. The highest BCUT2D eigenvalue weighted by Crippen LogP contribution is 2.32. The van der Waals surface area contributed by atoms with Crippen LogP contribution in [-0.2, 0) is 0 Å². The first-order chi connectivity index (χ1) is 5.52. The molecule has 1 rings (SSSR count).